The predicted molar refractivity (Wildman–Crippen MR) is 214 cm³/mol. The molecular weight excluding hydrogens is 918 g/mol. The van der Waals surface area contributed by atoms with Crippen LogP contribution < -0.4 is 0 Å². The van der Waals surface area contributed by atoms with Crippen LogP contribution in [0.15, 0.2) is 84.4 Å². The highest BCUT2D eigenvalue weighted by molar-refractivity contribution is 14.1. The molecule has 3 fully saturated rings. The summed E-state index contributed by atoms with van der Waals surface area (Å²) >= 11 is 4.13. The second kappa shape index (κ2) is 14.0. The molecule has 0 aromatic heterocycles. The summed E-state index contributed by atoms with van der Waals surface area (Å²) in [7, 11) is 0. The molecule has 7 rings (SSSR count). The Morgan fingerprint density at radius 2 is 1.39 bits per heavy atom. The van der Waals surface area contributed by atoms with E-state index in [0.29, 0.717) is 28.4 Å². The van der Waals surface area contributed by atoms with Crippen molar-refractivity contribution in [2.75, 3.05) is 0 Å². The third-order valence-electron chi connectivity index (χ3n) is 13.2. The molecular formula is C42H42I2O10. The van der Waals surface area contributed by atoms with Gasteiger partial charge in [0.25, 0.3) is 0 Å². The molecule has 0 amide bonds. The van der Waals surface area contributed by atoms with Gasteiger partial charge in [0, 0.05) is 19.5 Å². The number of benzene rings is 3. The van der Waals surface area contributed by atoms with E-state index in [2.05, 4.69) is 22.6 Å². The Labute approximate surface area is 340 Å². The van der Waals surface area contributed by atoms with E-state index in [-0.39, 0.29) is 42.6 Å². The van der Waals surface area contributed by atoms with Crippen molar-refractivity contribution in [3.05, 3.63) is 108 Å². The summed E-state index contributed by atoms with van der Waals surface area (Å²) in [6.07, 6.45) is 1.55. The molecule has 3 N–H and O–H groups in total. The van der Waals surface area contributed by atoms with Gasteiger partial charge in [-0.1, -0.05) is 42.8 Å². The average molecular weight is 961 g/mol. The molecule has 0 heterocycles. The number of phenolic OH excluding ortho intramolecular Hbond substituents is 1. The van der Waals surface area contributed by atoms with E-state index in [4.69, 9.17) is 14.2 Å². The van der Waals surface area contributed by atoms with Gasteiger partial charge in [-0.05, 0) is 152 Å². The minimum atomic E-state index is -2.07. The molecule has 4 aliphatic carbocycles. The van der Waals surface area contributed by atoms with Crippen LogP contribution in [0.5, 0.6) is 5.75 Å². The summed E-state index contributed by atoms with van der Waals surface area (Å²) in [5.74, 6) is -3.18. The third kappa shape index (κ3) is 5.83. The number of esters is 3. The zero-order chi connectivity index (χ0) is 38.8. The second-order valence-electron chi connectivity index (χ2n) is 15.6. The monoisotopic (exact) mass is 960 g/mol. The van der Waals surface area contributed by atoms with Gasteiger partial charge in [0.1, 0.15) is 29.2 Å². The van der Waals surface area contributed by atoms with Crippen molar-refractivity contribution >= 4 is 68.9 Å². The fraction of sp³-hybridized carbons (Fsp3) is 0.429. The molecule has 10 nitrogen and oxygen atoms in total. The molecule has 0 radical (unpaired) electrons. The van der Waals surface area contributed by atoms with Gasteiger partial charge < -0.3 is 29.5 Å². The fourth-order valence-electron chi connectivity index (χ4n) is 10.1. The van der Waals surface area contributed by atoms with Gasteiger partial charge in [-0.2, -0.15) is 0 Å². The van der Waals surface area contributed by atoms with Crippen molar-refractivity contribution in [2.24, 2.45) is 16.7 Å². The van der Waals surface area contributed by atoms with Crippen LogP contribution >= 0.6 is 45.2 Å². The number of aliphatic hydroxyl groups is 2. The maximum atomic E-state index is 14.1. The molecule has 4 aliphatic rings. The predicted octanol–water partition coefficient (Wildman–Crippen LogP) is 7.34. The van der Waals surface area contributed by atoms with Crippen molar-refractivity contribution in [1.82, 2.24) is 0 Å². The summed E-state index contributed by atoms with van der Waals surface area (Å²) in [6.45, 7) is 4.92. The topological polar surface area (TPSA) is 157 Å². The molecule has 8 atom stereocenters. The number of ether oxygens (including phenoxy) is 3. The maximum Gasteiger partial charge on any atom is 0.340 e. The number of aromatic hydroxyl groups is 1. The van der Waals surface area contributed by atoms with E-state index in [1.807, 2.05) is 47.7 Å². The Morgan fingerprint density at radius 1 is 0.778 bits per heavy atom. The van der Waals surface area contributed by atoms with Crippen LogP contribution in [0.4, 0.5) is 0 Å². The molecule has 3 aromatic rings. The highest BCUT2D eigenvalue weighted by atomic mass is 127. The van der Waals surface area contributed by atoms with E-state index in [9.17, 15) is 34.5 Å². The zero-order valence-corrected chi connectivity index (χ0v) is 34.5. The summed E-state index contributed by atoms with van der Waals surface area (Å²) in [4.78, 5) is 55.1. The van der Waals surface area contributed by atoms with Crippen molar-refractivity contribution < 1.29 is 48.7 Å². The van der Waals surface area contributed by atoms with Crippen molar-refractivity contribution in [1.29, 1.82) is 0 Å². The standard InChI is InChI=1S/C42H42I2O10/c1-24(45)41(54-37(49)30-9-5-7-11-32(30)44)20-21-42(51)39(41,3)34(53-35(47)25-12-14-27(46)15-13-25)23-33-38(2)18-17-28(22-26(38)16-19-40(33,42)50)52-36(48)29-8-4-6-10-31(29)43/h4-16,28,33-34,46,50-51H,17-23H2,1-3H3/t28-,33+,34+,38-,39+,40-,41+,42+/m0/s1. The molecule has 3 saturated carbocycles. The van der Waals surface area contributed by atoms with E-state index < -0.39 is 69.5 Å². The number of ketones is 1. The van der Waals surface area contributed by atoms with Gasteiger partial charge in [-0.25, -0.2) is 14.4 Å². The van der Waals surface area contributed by atoms with Crippen LogP contribution in [0.25, 0.3) is 0 Å². The minimum Gasteiger partial charge on any atom is -0.508 e. The number of hydrogen-bond donors (Lipinski definition) is 3. The Bertz CT molecular complexity index is 2070. The van der Waals surface area contributed by atoms with E-state index in [0.717, 1.165) is 9.14 Å². The van der Waals surface area contributed by atoms with Crippen molar-refractivity contribution in [3.8, 4) is 5.75 Å². The van der Waals surface area contributed by atoms with Gasteiger partial charge in [0.2, 0.25) is 0 Å². The molecule has 0 spiro atoms. The first-order valence-corrected chi connectivity index (χ1v) is 20.3. The normalized spacial score (nSPS) is 34.0. The fourth-order valence-corrected chi connectivity index (χ4v) is 11.4. The number of carbonyl (C=O) groups is 4. The highest BCUT2D eigenvalue weighted by Gasteiger charge is 2.83. The highest BCUT2D eigenvalue weighted by Crippen LogP contribution is 2.71. The first-order chi connectivity index (χ1) is 25.5. The number of halogens is 2. The molecule has 284 valence electrons. The summed E-state index contributed by atoms with van der Waals surface area (Å²) < 4.78 is 20.0. The number of hydrogen-bond acceptors (Lipinski definition) is 10. The SMILES string of the molecule is CC(=O)[C@]1(OC(=O)c2ccccc2I)CC[C@@]2(O)[C@]1(C)[C@H](OC(=O)c1ccc(O)cc1)C[C@@H]1[C@@]3(C)CC[C@H](OC(=O)c4ccccc4I)CC3=CC[C@]12O. The molecule has 0 saturated heterocycles. The van der Waals surface area contributed by atoms with Crippen LogP contribution in [0.2, 0.25) is 0 Å². The Balaban J connectivity index is 1.29. The van der Waals surface area contributed by atoms with E-state index in [1.165, 1.54) is 31.2 Å². The van der Waals surface area contributed by atoms with Gasteiger partial charge in [-0.3, -0.25) is 4.79 Å². The van der Waals surface area contributed by atoms with Crippen LogP contribution in [-0.4, -0.2) is 68.0 Å². The molecule has 54 heavy (non-hydrogen) atoms. The van der Waals surface area contributed by atoms with Gasteiger partial charge in [0.05, 0.1) is 22.1 Å². The minimum absolute atomic E-state index is 0.0169. The average Bonchev–Trinajstić information content (AvgIpc) is 3.38. The number of carbonyl (C=O) groups excluding carboxylic acids is 4. The second-order valence-corrected chi connectivity index (χ2v) is 17.9. The first kappa shape index (κ1) is 38.9. The summed E-state index contributed by atoms with van der Waals surface area (Å²) in [6, 6.07) is 19.6. The van der Waals surface area contributed by atoms with Crippen LogP contribution in [0.3, 0.4) is 0 Å². The van der Waals surface area contributed by atoms with Crippen molar-refractivity contribution in [2.45, 2.75) is 94.7 Å². The first-order valence-electron chi connectivity index (χ1n) is 18.1. The number of phenols is 1. The van der Waals surface area contributed by atoms with Crippen molar-refractivity contribution in [3.63, 3.8) is 0 Å². The lowest BCUT2D eigenvalue weighted by atomic mass is 9.42. The Morgan fingerprint density at radius 3 is 2.00 bits per heavy atom. The van der Waals surface area contributed by atoms with E-state index in [1.54, 1.807) is 43.3 Å². The van der Waals surface area contributed by atoms with Crippen LogP contribution in [0.1, 0.15) is 96.8 Å². The summed E-state index contributed by atoms with van der Waals surface area (Å²) in [5.41, 5.74) is -6.56. The van der Waals surface area contributed by atoms with Gasteiger partial charge in [-0.15, -0.1) is 0 Å². The van der Waals surface area contributed by atoms with Gasteiger partial charge >= 0.3 is 17.9 Å². The Hall–Kier alpha value is -3.34. The Kier molecular flexibility index (Phi) is 10.1. The molecule has 3 aromatic carbocycles. The number of fused-ring (bicyclic) bond motifs is 5. The van der Waals surface area contributed by atoms with Crippen LogP contribution in [-0.2, 0) is 19.0 Å². The van der Waals surface area contributed by atoms with Gasteiger partial charge in [0.15, 0.2) is 11.4 Å². The molecule has 12 heteroatoms. The zero-order valence-electron chi connectivity index (χ0n) is 30.1. The third-order valence-corrected chi connectivity index (χ3v) is 15.0. The lowest BCUT2D eigenvalue weighted by Crippen LogP contribution is -2.78. The lowest BCUT2D eigenvalue weighted by molar-refractivity contribution is -0.311. The van der Waals surface area contributed by atoms with E-state index >= 15 is 0 Å². The molecule has 0 aliphatic heterocycles. The lowest BCUT2D eigenvalue weighted by Gasteiger charge is -2.67. The molecule has 0 bridgehead atoms. The summed E-state index contributed by atoms with van der Waals surface area (Å²) in [5, 5.41) is 36.2. The smallest absolute Gasteiger partial charge is 0.340 e. The number of rotatable bonds is 7. The quantitative estimate of drug-likeness (QED) is 0.0949. The molecule has 0 unspecified atom stereocenters. The number of Topliss-reactive ketones (excluding diaryl/α,β-unsaturated/α-hetero) is 1. The van der Waals surface area contributed by atoms with Crippen LogP contribution in [0, 0.1) is 23.9 Å². The largest absolute Gasteiger partial charge is 0.508 e. The maximum absolute atomic E-state index is 14.1.